The van der Waals surface area contributed by atoms with Crippen molar-refractivity contribution in [2.75, 3.05) is 19.8 Å². The lowest BCUT2D eigenvalue weighted by Gasteiger charge is -2.22. The van der Waals surface area contributed by atoms with Gasteiger partial charge in [-0.25, -0.2) is 31.1 Å². The van der Waals surface area contributed by atoms with Crippen LogP contribution in [-0.4, -0.2) is 53.2 Å². The lowest BCUT2D eigenvalue weighted by Crippen LogP contribution is -2.40. The number of hydrogen-bond acceptors (Lipinski definition) is 9. The first-order valence-corrected chi connectivity index (χ1v) is 15.9. The van der Waals surface area contributed by atoms with Gasteiger partial charge in [-0.05, 0) is 75.6 Å². The zero-order valence-electron chi connectivity index (χ0n) is 23.7. The zero-order valence-corrected chi connectivity index (χ0v) is 25.3. The largest absolute Gasteiger partial charge is 0.507 e. The molecule has 0 aliphatic rings. The van der Waals surface area contributed by atoms with Gasteiger partial charge in [0.1, 0.15) is 16.4 Å². The summed E-state index contributed by atoms with van der Waals surface area (Å²) < 4.78 is 67.7. The third-order valence-corrected chi connectivity index (χ3v) is 9.02. The van der Waals surface area contributed by atoms with E-state index in [1.807, 2.05) is 6.07 Å². The molecule has 0 spiro atoms. The zero-order chi connectivity index (χ0) is 31.1. The molecule has 0 heterocycles. The fourth-order valence-electron chi connectivity index (χ4n) is 4.00. The Morgan fingerprint density at radius 3 is 2.36 bits per heavy atom. The first-order chi connectivity index (χ1) is 19.7. The van der Waals surface area contributed by atoms with Gasteiger partial charge in [-0.1, -0.05) is 30.3 Å². The van der Waals surface area contributed by atoms with Gasteiger partial charge in [0.05, 0.1) is 23.1 Å². The fourth-order valence-corrected chi connectivity index (χ4v) is 6.80. The van der Waals surface area contributed by atoms with E-state index in [0.717, 1.165) is 12.1 Å². The number of phenols is 1. The molecule has 11 nitrogen and oxygen atoms in total. The second kappa shape index (κ2) is 13.3. The summed E-state index contributed by atoms with van der Waals surface area (Å²) in [5.41, 5.74) is 0.762. The topological polar surface area (TPSA) is 172 Å². The maximum absolute atomic E-state index is 13.2. The van der Waals surface area contributed by atoms with Gasteiger partial charge in [0.15, 0.2) is 6.61 Å². The number of benzene rings is 3. The molecule has 3 aromatic carbocycles. The number of carbonyl (C=O) groups excluding carboxylic acids is 1. The number of hydrogen-bond donors (Lipinski definition) is 3. The maximum Gasteiger partial charge on any atom is 0.344 e. The van der Waals surface area contributed by atoms with Crippen molar-refractivity contribution in [3.8, 4) is 28.7 Å². The van der Waals surface area contributed by atoms with E-state index in [0.29, 0.717) is 16.7 Å². The van der Waals surface area contributed by atoms with Gasteiger partial charge in [-0.2, -0.15) is 5.26 Å². The number of nitriles is 1. The molecule has 0 amide bonds. The predicted octanol–water partition coefficient (Wildman–Crippen LogP) is 3.47. The molecule has 0 atom stereocenters. The van der Waals surface area contributed by atoms with Gasteiger partial charge in [-0.3, -0.25) is 0 Å². The van der Waals surface area contributed by atoms with Crippen molar-refractivity contribution in [3.63, 3.8) is 0 Å². The Balaban J connectivity index is 1.94. The number of aromatic hydroxyl groups is 1. The minimum Gasteiger partial charge on any atom is -0.507 e. The Labute approximate surface area is 246 Å². The van der Waals surface area contributed by atoms with Crippen LogP contribution < -0.4 is 14.2 Å². The van der Waals surface area contributed by atoms with E-state index in [1.54, 1.807) is 64.1 Å². The molecule has 3 N–H and O–H groups in total. The smallest absolute Gasteiger partial charge is 0.344 e. The summed E-state index contributed by atoms with van der Waals surface area (Å²) in [5.74, 6) is -0.885. The van der Waals surface area contributed by atoms with Crippen molar-refractivity contribution < 1.29 is 36.2 Å². The first kappa shape index (κ1) is 32.6. The van der Waals surface area contributed by atoms with E-state index in [2.05, 4.69) is 9.44 Å². The highest BCUT2D eigenvalue weighted by Crippen LogP contribution is 2.33. The molecule has 42 heavy (non-hydrogen) atoms. The Hall–Kier alpha value is -3.96. The van der Waals surface area contributed by atoms with Crippen molar-refractivity contribution in [3.05, 3.63) is 71.8 Å². The standard InChI is InChI=1S/C29H33N3O8S2/c1-5-39-28(34)19-40-25-17-22(23-8-6-7-9-26(23)42(37,38)32-29(2,3)4)12-11-21(25)14-15-31-41(35,36)27-16-20(18-30)10-13-24(27)33/h6-13,16-17,31-33H,5,14-15,19H2,1-4H3. The predicted molar refractivity (Wildman–Crippen MR) is 156 cm³/mol. The van der Waals surface area contributed by atoms with Gasteiger partial charge in [0.2, 0.25) is 20.0 Å². The molecule has 13 heteroatoms. The molecule has 3 rings (SSSR count). The number of nitrogens with one attached hydrogen (secondary N) is 2. The van der Waals surface area contributed by atoms with Crippen LogP contribution >= 0.6 is 0 Å². The molecular formula is C29H33N3O8S2. The third kappa shape index (κ3) is 8.53. The number of ether oxygens (including phenoxy) is 2. The minimum atomic E-state index is -4.17. The Kier molecular flexibility index (Phi) is 10.3. The number of esters is 1. The van der Waals surface area contributed by atoms with Gasteiger partial charge < -0.3 is 14.6 Å². The number of carbonyl (C=O) groups is 1. The highest BCUT2D eigenvalue weighted by Gasteiger charge is 2.25. The summed E-state index contributed by atoms with van der Waals surface area (Å²) in [6.07, 6.45) is 0.113. The fraction of sp³-hybridized carbons (Fsp3) is 0.310. The summed E-state index contributed by atoms with van der Waals surface area (Å²) in [6.45, 7) is 6.48. The van der Waals surface area contributed by atoms with Crippen LogP contribution in [0.15, 0.2) is 70.5 Å². The van der Waals surface area contributed by atoms with Gasteiger partial charge in [0.25, 0.3) is 0 Å². The monoisotopic (exact) mass is 615 g/mol. The summed E-state index contributed by atoms with van der Waals surface area (Å²) in [7, 11) is -8.07. The van der Waals surface area contributed by atoms with E-state index >= 15 is 0 Å². The van der Waals surface area contributed by atoms with Crippen LogP contribution in [0.25, 0.3) is 11.1 Å². The molecule has 3 aromatic rings. The molecule has 0 saturated heterocycles. The molecule has 0 saturated carbocycles. The molecule has 0 fully saturated rings. The summed E-state index contributed by atoms with van der Waals surface area (Å²) >= 11 is 0. The molecule has 0 aliphatic carbocycles. The second-order valence-electron chi connectivity index (χ2n) is 10.2. The van der Waals surface area contributed by atoms with Gasteiger partial charge in [0, 0.05) is 17.6 Å². The Morgan fingerprint density at radius 1 is 0.976 bits per heavy atom. The lowest BCUT2D eigenvalue weighted by molar-refractivity contribution is -0.145. The van der Waals surface area contributed by atoms with Crippen molar-refractivity contribution >= 4 is 26.0 Å². The van der Waals surface area contributed by atoms with Crippen molar-refractivity contribution in [1.82, 2.24) is 9.44 Å². The first-order valence-electron chi connectivity index (χ1n) is 12.9. The number of rotatable bonds is 12. The summed E-state index contributed by atoms with van der Waals surface area (Å²) in [6, 6.07) is 16.7. The minimum absolute atomic E-state index is 0.0520. The number of sulfonamides is 2. The average Bonchev–Trinajstić information content (AvgIpc) is 2.91. The van der Waals surface area contributed by atoms with E-state index < -0.39 is 48.8 Å². The average molecular weight is 616 g/mol. The van der Waals surface area contributed by atoms with Crippen LogP contribution in [0.2, 0.25) is 0 Å². The van der Waals surface area contributed by atoms with Crippen molar-refractivity contribution in [2.45, 2.75) is 49.4 Å². The summed E-state index contributed by atoms with van der Waals surface area (Å²) in [4.78, 5) is 11.6. The van der Waals surface area contributed by atoms with E-state index in [-0.39, 0.29) is 35.8 Å². The van der Waals surface area contributed by atoms with Gasteiger partial charge >= 0.3 is 5.97 Å². The van der Waals surface area contributed by atoms with Gasteiger partial charge in [-0.15, -0.1) is 0 Å². The molecule has 0 radical (unpaired) electrons. The molecule has 0 unspecified atom stereocenters. The summed E-state index contributed by atoms with van der Waals surface area (Å²) in [5, 5.41) is 19.1. The quantitative estimate of drug-likeness (QED) is 0.258. The van der Waals surface area contributed by atoms with Crippen LogP contribution in [0.3, 0.4) is 0 Å². The lowest BCUT2D eigenvalue weighted by atomic mass is 10.0. The Bertz CT molecular complexity index is 1710. The number of phenolic OH excluding ortho intramolecular Hbond substituents is 1. The highest BCUT2D eigenvalue weighted by molar-refractivity contribution is 7.90. The van der Waals surface area contributed by atoms with Crippen LogP contribution in [0, 0.1) is 11.3 Å². The molecule has 0 aliphatic heterocycles. The number of nitrogens with zero attached hydrogens (tertiary/aromatic N) is 1. The maximum atomic E-state index is 13.2. The van der Waals surface area contributed by atoms with E-state index in [1.165, 1.54) is 12.1 Å². The molecular weight excluding hydrogens is 582 g/mol. The van der Waals surface area contributed by atoms with E-state index in [4.69, 9.17) is 14.7 Å². The third-order valence-electron chi connectivity index (χ3n) is 5.71. The SMILES string of the molecule is CCOC(=O)COc1cc(-c2ccccc2S(=O)(=O)NC(C)(C)C)ccc1CCNS(=O)(=O)c1cc(C#N)ccc1O. The van der Waals surface area contributed by atoms with E-state index in [9.17, 15) is 26.7 Å². The molecule has 224 valence electrons. The van der Waals surface area contributed by atoms with Crippen LogP contribution in [0.4, 0.5) is 0 Å². The normalized spacial score (nSPS) is 12.0. The molecule has 0 bridgehead atoms. The van der Waals surface area contributed by atoms with Crippen LogP contribution in [0.5, 0.6) is 11.5 Å². The molecule has 0 aromatic heterocycles. The Morgan fingerprint density at radius 2 is 1.69 bits per heavy atom. The van der Waals surface area contributed by atoms with Crippen LogP contribution in [0.1, 0.15) is 38.8 Å². The van der Waals surface area contributed by atoms with Crippen LogP contribution in [-0.2, 0) is 36.0 Å². The second-order valence-corrected chi connectivity index (χ2v) is 13.6. The van der Waals surface area contributed by atoms with Crippen molar-refractivity contribution in [1.29, 1.82) is 5.26 Å². The highest BCUT2D eigenvalue weighted by atomic mass is 32.2. The van der Waals surface area contributed by atoms with Crippen molar-refractivity contribution in [2.24, 2.45) is 0 Å².